The van der Waals surface area contributed by atoms with Gasteiger partial charge in [-0.25, -0.2) is 9.67 Å². The van der Waals surface area contributed by atoms with E-state index in [2.05, 4.69) is 32.3 Å². The summed E-state index contributed by atoms with van der Waals surface area (Å²) in [6, 6.07) is 9.00. The van der Waals surface area contributed by atoms with E-state index in [9.17, 15) is 14.9 Å². The van der Waals surface area contributed by atoms with Gasteiger partial charge in [0.25, 0.3) is 5.69 Å². The lowest BCUT2D eigenvalue weighted by Crippen LogP contribution is -2.39. The number of fused-ring (bicyclic) bond motifs is 1. The molecule has 0 radical (unpaired) electrons. The van der Waals surface area contributed by atoms with Crippen LogP contribution in [0.2, 0.25) is 0 Å². The largest absolute Gasteiger partial charge is 0.328 e. The zero-order valence-corrected chi connectivity index (χ0v) is 14.6. The minimum Gasteiger partial charge on any atom is -0.328 e. The number of carbonyl (C=O) groups excluding carboxylic acids is 1. The molecule has 3 N–H and O–H groups in total. The number of anilines is 2. The van der Waals surface area contributed by atoms with Gasteiger partial charge in [-0.3, -0.25) is 14.9 Å². The normalized spacial score (nSPS) is 18.1. The lowest BCUT2D eigenvalue weighted by atomic mass is 9.88. The fraction of sp³-hybridized carbons (Fsp3) is 0.111. The molecule has 2 atom stereocenters. The second kappa shape index (κ2) is 6.91. The van der Waals surface area contributed by atoms with Crippen LogP contribution in [0.4, 0.5) is 17.3 Å². The van der Waals surface area contributed by atoms with Crippen molar-refractivity contribution in [3.8, 4) is 0 Å². The van der Waals surface area contributed by atoms with E-state index in [0.29, 0.717) is 22.9 Å². The van der Waals surface area contributed by atoms with Crippen molar-refractivity contribution >= 4 is 23.2 Å². The summed E-state index contributed by atoms with van der Waals surface area (Å²) in [5, 5.41) is 21.2. The molecule has 2 unspecified atom stereocenters. The smallest absolute Gasteiger partial charge is 0.269 e. The van der Waals surface area contributed by atoms with E-state index in [-0.39, 0.29) is 11.6 Å². The first-order chi connectivity index (χ1) is 13.5. The van der Waals surface area contributed by atoms with E-state index in [1.54, 1.807) is 36.7 Å². The molecular weight excluding hydrogens is 362 g/mol. The highest BCUT2D eigenvalue weighted by Crippen LogP contribution is 2.38. The van der Waals surface area contributed by atoms with Crippen molar-refractivity contribution in [1.82, 2.24) is 14.8 Å². The molecule has 3 heterocycles. The molecule has 0 fully saturated rings. The standard InChI is InChI=1S/C18H15N7O3/c1-11-15(17(26)23-13-5-3-7-19-9-13)16(24-18(22-11)20-10-21-24)12-4-2-6-14(8-12)25(27)28/h2-10,15-16H,1H2,(H,23,26)(H,20,21,22)/p+1. The van der Waals surface area contributed by atoms with Gasteiger partial charge >= 0.3 is 0 Å². The predicted octanol–water partition coefficient (Wildman–Crippen LogP) is 1.78. The van der Waals surface area contributed by atoms with E-state index in [4.69, 9.17) is 0 Å². The van der Waals surface area contributed by atoms with Crippen LogP contribution in [-0.2, 0) is 4.79 Å². The predicted molar refractivity (Wildman–Crippen MR) is 99.1 cm³/mol. The van der Waals surface area contributed by atoms with Gasteiger partial charge in [-0.1, -0.05) is 18.7 Å². The van der Waals surface area contributed by atoms with E-state index >= 15 is 0 Å². The third-order valence-electron chi connectivity index (χ3n) is 4.48. The number of nitrogens with one attached hydrogen (secondary N) is 3. The maximum atomic E-state index is 13.1. The maximum absolute atomic E-state index is 13.1. The molecule has 1 aliphatic heterocycles. The fourth-order valence-electron chi connectivity index (χ4n) is 3.24. The first-order valence-corrected chi connectivity index (χ1v) is 8.41. The molecule has 10 nitrogen and oxygen atoms in total. The molecule has 1 amide bonds. The SMILES string of the molecule is C=C1Nc2ncnn2C(c2cccc([N+](=O)[O-])c2)C1C(=O)Nc1ccc[nH+]c1. The molecule has 1 aliphatic rings. The molecule has 0 saturated carbocycles. The quantitative estimate of drug-likeness (QED) is 0.526. The Balaban J connectivity index is 1.77. The third-order valence-corrected chi connectivity index (χ3v) is 4.48. The Bertz CT molecular complexity index is 1060. The first kappa shape index (κ1) is 17.3. The van der Waals surface area contributed by atoms with Crippen molar-refractivity contribution in [3.05, 3.63) is 83.1 Å². The summed E-state index contributed by atoms with van der Waals surface area (Å²) >= 11 is 0. The van der Waals surface area contributed by atoms with Gasteiger partial charge in [0.15, 0.2) is 12.4 Å². The molecule has 3 aromatic rings. The summed E-state index contributed by atoms with van der Waals surface area (Å²) in [6.07, 6.45) is 4.73. The van der Waals surface area contributed by atoms with Crippen molar-refractivity contribution in [1.29, 1.82) is 0 Å². The number of rotatable bonds is 4. The number of benzene rings is 1. The van der Waals surface area contributed by atoms with Crippen LogP contribution in [0.15, 0.2) is 67.4 Å². The first-order valence-electron chi connectivity index (χ1n) is 8.41. The molecule has 0 aliphatic carbocycles. The van der Waals surface area contributed by atoms with Crippen LogP contribution in [0.3, 0.4) is 0 Å². The summed E-state index contributed by atoms with van der Waals surface area (Å²) in [5.74, 6) is -0.676. The van der Waals surface area contributed by atoms with Crippen molar-refractivity contribution in [2.24, 2.45) is 5.92 Å². The lowest BCUT2D eigenvalue weighted by Gasteiger charge is -2.33. The highest BCUT2D eigenvalue weighted by molar-refractivity contribution is 5.95. The minimum absolute atomic E-state index is 0.0693. The number of nitro groups is 1. The number of aromatic amines is 1. The van der Waals surface area contributed by atoms with Gasteiger partial charge in [0.1, 0.15) is 17.9 Å². The average Bonchev–Trinajstić information content (AvgIpc) is 3.15. The number of nitrogens with zero attached hydrogens (tertiary/aromatic N) is 4. The second-order valence-corrected chi connectivity index (χ2v) is 6.23. The van der Waals surface area contributed by atoms with E-state index in [1.165, 1.54) is 23.1 Å². The fourth-order valence-corrected chi connectivity index (χ4v) is 3.24. The number of nitro benzene ring substituents is 1. The Morgan fingerprint density at radius 2 is 2.21 bits per heavy atom. The number of aromatic nitrogens is 4. The highest BCUT2D eigenvalue weighted by Gasteiger charge is 2.40. The second-order valence-electron chi connectivity index (χ2n) is 6.23. The van der Waals surface area contributed by atoms with Crippen molar-refractivity contribution in [2.75, 3.05) is 10.6 Å². The molecule has 1 aromatic carbocycles. The zero-order chi connectivity index (χ0) is 19.7. The van der Waals surface area contributed by atoms with Crippen LogP contribution in [0.5, 0.6) is 0 Å². The number of carbonyl (C=O) groups is 1. The van der Waals surface area contributed by atoms with Gasteiger partial charge in [0.05, 0.1) is 11.0 Å². The summed E-state index contributed by atoms with van der Waals surface area (Å²) in [6.45, 7) is 3.98. The number of non-ortho nitro benzene ring substituents is 1. The Kier molecular flexibility index (Phi) is 4.28. The molecule has 0 saturated heterocycles. The van der Waals surface area contributed by atoms with Gasteiger partial charge in [-0.15, -0.1) is 0 Å². The third kappa shape index (κ3) is 3.07. The van der Waals surface area contributed by atoms with Crippen LogP contribution in [-0.4, -0.2) is 25.6 Å². The van der Waals surface area contributed by atoms with E-state index in [1.807, 2.05) is 0 Å². The van der Waals surface area contributed by atoms with Gasteiger partial charge in [-0.05, 0) is 11.6 Å². The van der Waals surface area contributed by atoms with Gasteiger partial charge in [0, 0.05) is 23.9 Å². The number of hydrogen-bond donors (Lipinski definition) is 2. The number of hydrogen-bond acceptors (Lipinski definition) is 6. The van der Waals surface area contributed by atoms with Crippen molar-refractivity contribution in [3.63, 3.8) is 0 Å². The highest BCUT2D eigenvalue weighted by atomic mass is 16.6. The van der Waals surface area contributed by atoms with Crippen molar-refractivity contribution < 1.29 is 14.7 Å². The van der Waals surface area contributed by atoms with Gasteiger partial charge < -0.3 is 10.6 Å². The van der Waals surface area contributed by atoms with E-state index in [0.717, 1.165) is 0 Å². The van der Waals surface area contributed by atoms with Crippen LogP contribution in [0.1, 0.15) is 11.6 Å². The van der Waals surface area contributed by atoms with Gasteiger partial charge in [0.2, 0.25) is 11.9 Å². The molecule has 2 aromatic heterocycles. The molecule has 0 bridgehead atoms. The molecule has 140 valence electrons. The van der Waals surface area contributed by atoms with Crippen LogP contribution in [0.25, 0.3) is 0 Å². The van der Waals surface area contributed by atoms with Crippen LogP contribution >= 0.6 is 0 Å². The summed E-state index contributed by atoms with van der Waals surface area (Å²) in [4.78, 5) is 30.9. The molecule has 0 spiro atoms. The van der Waals surface area contributed by atoms with E-state index < -0.39 is 16.9 Å². The Morgan fingerprint density at radius 3 is 2.96 bits per heavy atom. The maximum Gasteiger partial charge on any atom is 0.269 e. The Hall–Kier alpha value is -4.08. The Labute approximate surface area is 159 Å². The molecule has 28 heavy (non-hydrogen) atoms. The number of pyridine rings is 1. The van der Waals surface area contributed by atoms with Crippen molar-refractivity contribution in [2.45, 2.75) is 6.04 Å². The summed E-state index contributed by atoms with van der Waals surface area (Å²) < 4.78 is 1.54. The summed E-state index contributed by atoms with van der Waals surface area (Å²) in [5.41, 5.74) is 1.50. The van der Waals surface area contributed by atoms with Gasteiger partial charge in [-0.2, -0.15) is 10.1 Å². The monoisotopic (exact) mass is 378 g/mol. The van der Waals surface area contributed by atoms with Crippen LogP contribution in [0, 0.1) is 16.0 Å². The number of H-pyrrole nitrogens is 1. The summed E-state index contributed by atoms with van der Waals surface area (Å²) in [7, 11) is 0. The molecule has 10 heteroatoms. The van der Waals surface area contributed by atoms with Crippen LogP contribution < -0.4 is 15.6 Å². The molecule has 4 rings (SSSR count). The Morgan fingerprint density at radius 1 is 1.36 bits per heavy atom. The zero-order valence-electron chi connectivity index (χ0n) is 14.6. The lowest BCUT2D eigenvalue weighted by molar-refractivity contribution is -0.385. The topological polar surface area (TPSA) is 129 Å². The average molecular weight is 378 g/mol. The number of amides is 1. The minimum atomic E-state index is -0.767. The molecular formula is C18H16N7O3+.